The van der Waals surface area contributed by atoms with Gasteiger partial charge < -0.3 is 24.6 Å². The minimum atomic E-state index is -0.951. The monoisotopic (exact) mass is 539 g/mol. The van der Waals surface area contributed by atoms with Crippen LogP contribution in [0.25, 0.3) is 11.0 Å². The van der Waals surface area contributed by atoms with Crippen LogP contribution in [0.15, 0.2) is 66.7 Å². The fraction of sp³-hybridized carbons (Fsp3) is 0.323. The van der Waals surface area contributed by atoms with Crippen molar-refractivity contribution >= 4 is 34.3 Å². The van der Waals surface area contributed by atoms with Gasteiger partial charge in [0.2, 0.25) is 0 Å². The number of hydrogen-bond acceptors (Lipinski definition) is 6. The predicted octanol–water partition coefficient (Wildman–Crippen LogP) is 4.53. The number of rotatable bonds is 8. The number of piperazine rings is 1. The molecule has 2 N–H and O–H groups in total. The zero-order chi connectivity index (χ0) is 27.6. The molecule has 2 aliphatic heterocycles. The maximum atomic E-state index is 13.3. The molecule has 1 aromatic heterocycles. The molecule has 40 heavy (non-hydrogen) atoms. The first kappa shape index (κ1) is 26.0. The third-order valence-corrected chi connectivity index (χ3v) is 7.73. The number of carboxylic acids is 1. The Kier molecular flexibility index (Phi) is 7.23. The van der Waals surface area contributed by atoms with Gasteiger partial charge in [0.15, 0.2) is 0 Å². The van der Waals surface area contributed by atoms with Crippen molar-refractivity contribution in [2.24, 2.45) is 0 Å². The number of carbonyl (C=O) groups is 2. The van der Waals surface area contributed by atoms with E-state index in [2.05, 4.69) is 33.8 Å². The van der Waals surface area contributed by atoms with E-state index in [1.165, 1.54) is 5.56 Å². The lowest BCUT2D eigenvalue weighted by atomic mass is 10.1. The molecule has 0 bridgehead atoms. The van der Waals surface area contributed by atoms with Crippen LogP contribution in [0.5, 0.6) is 0 Å². The van der Waals surface area contributed by atoms with Crippen molar-refractivity contribution in [2.45, 2.75) is 32.5 Å². The van der Waals surface area contributed by atoms with Gasteiger partial charge in [0, 0.05) is 49.7 Å². The predicted molar refractivity (Wildman–Crippen MR) is 153 cm³/mol. The summed E-state index contributed by atoms with van der Waals surface area (Å²) in [7, 11) is 0. The van der Waals surface area contributed by atoms with Gasteiger partial charge in [-0.05, 0) is 61.9 Å². The molecule has 206 valence electrons. The molecule has 3 heterocycles. The lowest BCUT2D eigenvalue weighted by Gasteiger charge is -2.35. The maximum absolute atomic E-state index is 13.3. The molecular formula is C31H33N5O4. The minimum absolute atomic E-state index is 0.0303. The third kappa shape index (κ3) is 5.57. The Morgan fingerprint density at radius 1 is 0.975 bits per heavy atom. The highest BCUT2D eigenvalue weighted by Crippen LogP contribution is 2.24. The average Bonchev–Trinajstić information content (AvgIpc) is 3.28. The summed E-state index contributed by atoms with van der Waals surface area (Å²) >= 11 is 0. The van der Waals surface area contributed by atoms with E-state index in [0.29, 0.717) is 31.7 Å². The van der Waals surface area contributed by atoms with Gasteiger partial charge in [-0.25, -0.2) is 9.78 Å². The van der Waals surface area contributed by atoms with Crippen LogP contribution in [0.4, 0.5) is 11.4 Å². The van der Waals surface area contributed by atoms with Gasteiger partial charge in [-0.1, -0.05) is 23.8 Å². The van der Waals surface area contributed by atoms with E-state index in [0.717, 1.165) is 54.3 Å². The summed E-state index contributed by atoms with van der Waals surface area (Å²) in [6, 6.07) is 20.9. The van der Waals surface area contributed by atoms with E-state index in [1.807, 2.05) is 41.3 Å². The van der Waals surface area contributed by atoms with Crippen molar-refractivity contribution in [3.8, 4) is 0 Å². The Bertz CT molecular complexity index is 1540. The minimum Gasteiger partial charge on any atom is -0.478 e. The summed E-state index contributed by atoms with van der Waals surface area (Å²) in [4.78, 5) is 34.0. The Morgan fingerprint density at radius 2 is 1.75 bits per heavy atom. The Labute approximate surface area is 233 Å². The summed E-state index contributed by atoms with van der Waals surface area (Å²) in [6.07, 6.45) is 1.11. The second kappa shape index (κ2) is 11.1. The van der Waals surface area contributed by atoms with E-state index in [9.17, 15) is 14.7 Å². The van der Waals surface area contributed by atoms with Crippen LogP contribution < -0.4 is 5.32 Å². The summed E-state index contributed by atoms with van der Waals surface area (Å²) in [6.45, 7) is 6.82. The fourth-order valence-electron chi connectivity index (χ4n) is 5.29. The zero-order valence-electron chi connectivity index (χ0n) is 22.5. The van der Waals surface area contributed by atoms with Crippen LogP contribution in [-0.4, -0.2) is 75.2 Å². The number of amides is 1. The van der Waals surface area contributed by atoms with Gasteiger partial charge in [-0.2, -0.15) is 0 Å². The van der Waals surface area contributed by atoms with Crippen LogP contribution in [-0.2, 0) is 17.8 Å². The number of benzene rings is 3. The number of carboxylic acid groups (broad SMARTS) is 1. The number of ether oxygens (including phenoxy) is 1. The number of aromatic nitrogens is 2. The molecule has 0 radical (unpaired) electrons. The maximum Gasteiger partial charge on any atom is 0.335 e. The van der Waals surface area contributed by atoms with Gasteiger partial charge in [0.05, 0.1) is 35.8 Å². The number of nitrogens with one attached hydrogen (secondary N) is 1. The molecule has 3 aromatic carbocycles. The Morgan fingerprint density at radius 3 is 2.45 bits per heavy atom. The zero-order valence-corrected chi connectivity index (χ0v) is 22.5. The summed E-state index contributed by atoms with van der Waals surface area (Å²) in [5.74, 6) is -0.0289. The Hall–Kier alpha value is -4.21. The highest BCUT2D eigenvalue weighted by atomic mass is 16.5. The molecule has 9 nitrogen and oxygen atoms in total. The molecular weight excluding hydrogens is 506 g/mol. The van der Waals surface area contributed by atoms with Gasteiger partial charge in [-0.15, -0.1) is 0 Å². The summed E-state index contributed by atoms with van der Waals surface area (Å²) in [5, 5.41) is 12.9. The van der Waals surface area contributed by atoms with Crippen LogP contribution in [0.2, 0.25) is 0 Å². The number of anilines is 2. The number of nitrogens with zero attached hydrogens (tertiary/aromatic N) is 4. The first-order chi connectivity index (χ1) is 19.4. The van der Waals surface area contributed by atoms with Crippen LogP contribution in [0.1, 0.15) is 38.5 Å². The first-order valence-electron chi connectivity index (χ1n) is 13.7. The molecule has 0 unspecified atom stereocenters. The molecule has 0 saturated carbocycles. The number of fused-ring (bicyclic) bond motifs is 1. The molecule has 0 aliphatic carbocycles. The van der Waals surface area contributed by atoms with Crippen molar-refractivity contribution in [1.82, 2.24) is 19.4 Å². The van der Waals surface area contributed by atoms with Crippen molar-refractivity contribution in [3.63, 3.8) is 0 Å². The molecule has 6 rings (SSSR count). The average molecular weight is 540 g/mol. The van der Waals surface area contributed by atoms with Gasteiger partial charge in [0.25, 0.3) is 5.91 Å². The van der Waals surface area contributed by atoms with Gasteiger partial charge >= 0.3 is 5.97 Å². The highest BCUT2D eigenvalue weighted by Gasteiger charge is 2.26. The number of hydrogen-bond donors (Lipinski definition) is 2. The number of aromatic carboxylic acids is 1. The highest BCUT2D eigenvalue weighted by molar-refractivity contribution is 5.95. The van der Waals surface area contributed by atoms with Crippen molar-refractivity contribution in [1.29, 1.82) is 0 Å². The van der Waals surface area contributed by atoms with E-state index in [-0.39, 0.29) is 17.6 Å². The third-order valence-electron chi connectivity index (χ3n) is 7.73. The normalized spacial score (nSPS) is 17.5. The fourth-order valence-corrected chi connectivity index (χ4v) is 5.29. The van der Waals surface area contributed by atoms with Gasteiger partial charge in [-0.3, -0.25) is 9.69 Å². The van der Waals surface area contributed by atoms with Gasteiger partial charge in [0.1, 0.15) is 5.82 Å². The van der Waals surface area contributed by atoms with Crippen LogP contribution in [0.3, 0.4) is 0 Å². The SMILES string of the molecule is Cc1ccc(Nc2cccc(C(=O)N3CCN(Cc4nc5ccc(C(=O)O)cc5n4C[C@@H]4CCO4)CC3)c2)cc1. The first-order valence-corrected chi connectivity index (χ1v) is 13.7. The molecule has 9 heteroatoms. The number of aryl methyl sites for hydroxylation is 1. The summed E-state index contributed by atoms with van der Waals surface area (Å²) in [5.41, 5.74) is 5.59. The smallest absolute Gasteiger partial charge is 0.335 e. The summed E-state index contributed by atoms with van der Waals surface area (Å²) < 4.78 is 7.78. The topological polar surface area (TPSA) is 99.9 Å². The molecule has 1 amide bonds. The van der Waals surface area contributed by atoms with Crippen molar-refractivity contribution in [2.75, 3.05) is 38.1 Å². The Balaban J connectivity index is 1.12. The van der Waals surface area contributed by atoms with Crippen LogP contribution in [0, 0.1) is 6.92 Å². The quantitative estimate of drug-likeness (QED) is 0.339. The molecule has 2 saturated heterocycles. The van der Waals surface area contributed by atoms with E-state index < -0.39 is 5.97 Å². The number of imidazole rings is 1. The number of carbonyl (C=O) groups excluding carboxylic acids is 1. The van der Waals surface area contributed by atoms with E-state index >= 15 is 0 Å². The van der Waals surface area contributed by atoms with E-state index in [1.54, 1.807) is 18.2 Å². The second-order valence-electron chi connectivity index (χ2n) is 10.6. The molecule has 2 fully saturated rings. The second-order valence-corrected chi connectivity index (χ2v) is 10.6. The molecule has 1 atom stereocenters. The lowest BCUT2D eigenvalue weighted by molar-refractivity contribution is -0.0592. The van der Waals surface area contributed by atoms with E-state index in [4.69, 9.17) is 9.72 Å². The van der Waals surface area contributed by atoms with Crippen molar-refractivity contribution in [3.05, 3.63) is 89.2 Å². The molecule has 2 aliphatic rings. The largest absolute Gasteiger partial charge is 0.478 e. The molecule has 4 aromatic rings. The standard InChI is InChI=1S/C31H33N5O4/c1-21-5-8-24(9-6-21)32-25-4-2-3-22(17-25)30(37)35-14-12-34(13-15-35)20-29-33-27-10-7-23(31(38)39)18-28(27)36(29)19-26-11-16-40-26/h2-10,17-18,26,32H,11-16,19-20H2,1H3,(H,38,39)/t26-/m0/s1. The van der Waals surface area contributed by atoms with Crippen LogP contribution >= 0.6 is 0 Å². The van der Waals surface area contributed by atoms with Crippen molar-refractivity contribution < 1.29 is 19.4 Å². The molecule has 0 spiro atoms. The lowest BCUT2D eigenvalue weighted by Crippen LogP contribution is -2.48.